The summed E-state index contributed by atoms with van der Waals surface area (Å²) in [5.74, 6) is 0. The summed E-state index contributed by atoms with van der Waals surface area (Å²) in [5, 5.41) is 1.32. The highest BCUT2D eigenvalue weighted by atomic mass is 14.9. The first-order valence-corrected chi connectivity index (χ1v) is 5.85. The molecule has 0 aromatic carbocycles. The number of nitrogens with zero attached hydrogens (tertiary/aromatic N) is 2. The Bertz CT molecular complexity index is 523. The van der Waals surface area contributed by atoms with Gasteiger partial charge in [0.15, 0.2) is 0 Å². The molecule has 1 aliphatic carbocycles. The van der Waals surface area contributed by atoms with E-state index >= 15 is 0 Å². The van der Waals surface area contributed by atoms with Gasteiger partial charge in [0, 0.05) is 30.4 Å². The zero-order valence-electron chi connectivity index (χ0n) is 9.61. The van der Waals surface area contributed by atoms with Crippen LogP contribution in [0.25, 0.3) is 10.9 Å². The summed E-state index contributed by atoms with van der Waals surface area (Å²) in [7, 11) is 2.07. The van der Waals surface area contributed by atoms with Crippen molar-refractivity contribution in [2.24, 2.45) is 12.8 Å². The summed E-state index contributed by atoms with van der Waals surface area (Å²) in [4.78, 5) is 4.16. The van der Waals surface area contributed by atoms with E-state index in [1.807, 2.05) is 12.4 Å². The summed E-state index contributed by atoms with van der Waals surface area (Å²) < 4.78 is 2.15. The molecule has 0 unspecified atom stereocenters. The molecular formula is C13H17N3. The Kier molecular flexibility index (Phi) is 2.04. The summed E-state index contributed by atoms with van der Waals surface area (Å²) >= 11 is 0. The SMILES string of the molecule is Cn1cc(CCC2(N)CC2)c2ccncc21. The number of pyridine rings is 1. The molecular weight excluding hydrogens is 198 g/mol. The first kappa shape index (κ1) is 9.85. The van der Waals surface area contributed by atoms with Gasteiger partial charge in [0.25, 0.3) is 0 Å². The normalized spacial score (nSPS) is 17.9. The molecule has 16 heavy (non-hydrogen) atoms. The molecule has 0 atom stereocenters. The Hall–Kier alpha value is -1.35. The van der Waals surface area contributed by atoms with Crippen LogP contribution in [0.3, 0.4) is 0 Å². The second-order valence-corrected chi connectivity index (χ2v) is 5.02. The van der Waals surface area contributed by atoms with Crippen molar-refractivity contribution in [2.75, 3.05) is 0 Å². The zero-order valence-corrected chi connectivity index (χ0v) is 9.61. The summed E-state index contributed by atoms with van der Waals surface area (Å²) in [6.45, 7) is 0. The number of aromatic nitrogens is 2. The predicted octanol–water partition coefficient (Wildman–Crippen LogP) is 2.00. The average molecular weight is 215 g/mol. The van der Waals surface area contributed by atoms with Crippen LogP contribution in [-0.4, -0.2) is 15.1 Å². The van der Waals surface area contributed by atoms with Gasteiger partial charge in [0.05, 0.1) is 11.7 Å². The van der Waals surface area contributed by atoms with E-state index in [2.05, 4.69) is 28.9 Å². The van der Waals surface area contributed by atoms with Crippen LogP contribution in [0.1, 0.15) is 24.8 Å². The Labute approximate surface area is 95.3 Å². The van der Waals surface area contributed by atoms with Crippen molar-refractivity contribution in [1.29, 1.82) is 0 Å². The monoisotopic (exact) mass is 215 g/mol. The Balaban J connectivity index is 1.91. The van der Waals surface area contributed by atoms with E-state index in [4.69, 9.17) is 5.73 Å². The van der Waals surface area contributed by atoms with Crippen molar-refractivity contribution < 1.29 is 0 Å². The lowest BCUT2D eigenvalue weighted by Gasteiger charge is -2.06. The van der Waals surface area contributed by atoms with Crippen molar-refractivity contribution in [3.8, 4) is 0 Å². The molecule has 2 heterocycles. The van der Waals surface area contributed by atoms with Crippen molar-refractivity contribution in [3.05, 3.63) is 30.2 Å². The highest BCUT2D eigenvalue weighted by molar-refractivity contribution is 5.82. The van der Waals surface area contributed by atoms with Crippen molar-refractivity contribution in [3.63, 3.8) is 0 Å². The van der Waals surface area contributed by atoms with Crippen LogP contribution in [0.4, 0.5) is 0 Å². The summed E-state index contributed by atoms with van der Waals surface area (Å²) in [6, 6.07) is 2.10. The number of fused-ring (bicyclic) bond motifs is 1. The molecule has 1 saturated carbocycles. The maximum Gasteiger partial charge on any atom is 0.0666 e. The van der Waals surface area contributed by atoms with Crippen molar-refractivity contribution >= 4 is 10.9 Å². The molecule has 3 rings (SSSR count). The lowest BCUT2D eigenvalue weighted by molar-refractivity contribution is 0.610. The molecule has 0 spiro atoms. The van der Waals surface area contributed by atoms with Gasteiger partial charge < -0.3 is 10.3 Å². The first-order chi connectivity index (χ1) is 7.68. The van der Waals surface area contributed by atoms with Gasteiger partial charge in [-0.3, -0.25) is 4.98 Å². The maximum atomic E-state index is 6.13. The predicted molar refractivity (Wildman–Crippen MR) is 65.2 cm³/mol. The summed E-state index contributed by atoms with van der Waals surface area (Å²) in [5.41, 5.74) is 8.88. The van der Waals surface area contributed by atoms with Gasteiger partial charge in [-0.05, 0) is 37.3 Å². The Morgan fingerprint density at radius 3 is 3.06 bits per heavy atom. The van der Waals surface area contributed by atoms with Crippen LogP contribution in [-0.2, 0) is 13.5 Å². The second-order valence-electron chi connectivity index (χ2n) is 5.02. The van der Waals surface area contributed by atoms with Crippen LogP contribution < -0.4 is 5.73 Å². The van der Waals surface area contributed by atoms with Gasteiger partial charge >= 0.3 is 0 Å². The molecule has 3 nitrogen and oxygen atoms in total. The fraction of sp³-hybridized carbons (Fsp3) is 0.462. The minimum Gasteiger partial charge on any atom is -0.349 e. The van der Waals surface area contributed by atoms with E-state index < -0.39 is 0 Å². The van der Waals surface area contributed by atoms with Gasteiger partial charge in [-0.25, -0.2) is 0 Å². The molecule has 0 bridgehead atoms. The molecule has 1 fully saturated rings. The average Bonchev–Trinajstić information content (AvgIpc) is 2.94. The minimum atomic E-state index is 0.148. The molecule has 2 aromatic rings. The van der Waals surface area contributed by atoms with Crippen LogP contribution in [0.15, 0.2) is 24.7 Å². The number of hydrogen-bond donors (Lipinski definition) is 1. The third-order valence-electron chi connectivity index (χ3n) is 3.66. The molecule has 84 valence electrons. The third kappa shape index (κ3) is 1.61. The largest absolute Gasteiger partial charge is 0.349 e. The molecule has 0 amide bonds. The van der Waals surface area contributed by atoms with Crippen molar-refractivity contribution in [1.82, 2.24) is 9.55 Å². The molecule has 1 aliphatic rings. The molecule has 0 aliphatic heterocycles. The number of aryl methyl sites for hydroxylation is 2. The van der Waals surface area contributed by atoms with Gasteiger partial charge in [0.2, 0.25) is 0 Å². The Morgan fingerprint density at radius 1 is 1.50 bits per heavy atom. The second kappa shape index (κ2) is 3.32. The fourth-order valence-electron chi connectivity index (χ4n) is 2.30. The first-order valence-electron chi connectivity index (χ1n) is 5.85. The standard InChI is InChI=1S/C13H17N3/c1-16-9-10(2-4-13(14)5-6-13)11-3-7-15-8-12(11)16/h3,7-9H,2,4-6,14H2,1H3. The van der Waals surface area contributed by atoms with Gasteiger partial charge in [-0.1, -0.05) is 0 Å². The van der Waals surface area contributed by atoms with Crippen LogP contribution in [0, 0.1) is 0 Å². The van der Waals surface area contributed by atoms with E-state index in [1.54, 1.807) is 0 Å². The van der Waals surface area contributed by atoms with E-state index in [1.165, 1.54) is 29.3 Å². The van der Waals surface area contributed by atoms with Gasteiger partial charge in [0.1, 0.15) is 0 Å². The van der Waals surface area contributed by atoms with E-state index in [0.717, 1.165) is 12.8 Å². The van der Waals surface area contributed by atoms with E-state index in [-0.39, 0.29) is 5.54 Å². The molecule has 3 heteroatoms. The molecule has 0 radical (unpaired) electrons. The highest BCUT2D eigenvalue weighted by Crippen LogP contribution is 2.37. The van der Waals surface area contributed by atoms with E-state index in [0.29, 0.717) is 0 Å². The smallest absolute Gasteiger partial charge is 0.0666 e. The number of hydrogen-bond acceptors (Lipinski definition) is 2. The zero-order chi connectivity index (χ0) is 11.2. The lowest BCUT2D eigenvalue weighted by atomic mass is 10.0. The maximum absolute atomic E-state index is 6.13. The number of nitrogens with two attached hydrogens (primary N) is 1. The van der Waals surface area contributed by atoms with E-state index in [9.17, 15) is 0 Å². The molecule has 2 N–H and O–H groups in total. The van der Waals surface area contributed by atoms with Gasteiger partial charge in [-0.15, -0.1) is 0 Å². The number of rotatable bonds is 3. The Morgan fingerprint density at radius 2 is 2.31 bits per heavy atom. The quantitative estimate of drug-likeness (QED) is 0.851. The van der Waals surface area contributed by atoms with Gasteiger partial charge in [-0.2, -0.15) is 0 Å². The summed E-state index contributed by atoms with van der Waals surface area (Å²) in [6.07, 6.45) is 10.6. The van der Waals surface area contributed by atoms with Crippen molar-refractivity contribution in [2.45, 2.75) is 31.2 Å². The molecule has 2 aromatic heterocycles. The topological polar surface area (TPSA) is 43.8 Å². The third-order valence-corrected chi connectivity index (χ3v) is 3.66. The fourth-order valence-corrected chi connectivity index (χ4v) is 2.30. The van der Waals surface area contributed by atoms with Crippen LogP contribution >= 0.6 is 0 Å². The highest BCUT2D eigenvalue weighted by Gasteiger charge is 2.37. The minimum absolute atomic E-state index is 0.148. The van der Waals surface area contributed by atoms with Crippen LogP contribution in [0.5, 0.6) is 0 Å². The molecule has 0 saturated heterocycles. The lowest BCUT2D eigenvalue weighted by Crippen LogP contribution is -2.21. The van der Waals surface area contributed by atoms with Crippen LogP contribution in [0.2, 0.25) is 0 Å².